The molecule has 9 nitrogen and oxygen atoms in total. The Hall–Kier alpha value is -2.16. The molecule has 1 unspecified atom stereocenters. The molecule has 0 aromatic rings. The monoisotopic (exact) mass is 300 g/mol. The lowest BCUT2D eigenvalue weighted by Crippen LogP contribution is -2.43. The van der Waals surface area contributed by atoms with E-state index in [-0.39, 0.29) is 25.4 Å². The highest BCUT2D eigenvalue weighted by Crippen LogP contribution is 2.17. The first-order valence-electron chi connectivity index (χ1n) is 6.68. The lowest BCUT2D eigenvalue weighted by Gasteiger charge is -2.15. The molecule has 2 saturated heterocycles. The van der Waals surface area contributed by atoms with E-state index < -0.39 is 30.0 Å². The molecule has 0 bridgehead atoms. The molecule has 2 aliphatic heterocycles. The van der Waals surface area contributed by atoms with E-state index in [4.69, 9.17) is 14.4 Å². The Morgan fingerprint density at radius 3 is 2.81 bits per heavy atom. The smallest absolute Gasteiger partial charge is 0.375 e. The van der Waals surface area contributed by atoms with Crippen LogP contribution in [0.25, 0.3) is 0 Å². The van der Waals surface area contributed by atoms with Gasteiger partial charge in [-0.15, -0.1) is 0 Å². The first-order chi connectivity index (χ1) is 10.0. The summed E-state index contributed by atoms with van der Waals surface area (Å²) in [7, 11) is 0. The number of carbonyl (C=O) groups is 4. The number of hydroxylamine groups is 2. The summed E-state index contributed by atoms with van der Waals surface area (Å²) in [6.45, 7) is 1.72. The van der Waals surface area contributed by atoms with E-state index in [1.54, 1.807) is 0 Å². The molecular formula is C12H16N2O7. The number of hydrogen-bond acceptors (Lipinski definition) is 7. The van der Waals surface area contributed by atoms with Crippen molar-refractivity contribution in [3.8, 4) is 0 Å². The molecular weight excluding hydrogens is 284 g/mol. The summed E-state index contributed by atoms with van der Waals surface area (Å²) < 4.78 is 4.72. The second kappa shape index (κ2) is 6.53. The molecule has 0 aromatic carbocycles. The fourth-order valence-electron chi connectivity index (χ4n) is 1.90. The number of hydrogen-bond donors (Lipinski definition) is 1. The molecule has 2 fully saturated rings. The Bertz CT molecular complexity index is 465. The third kappa shape index (κ3) is 3.69. The molecule has 0 spiro atoms. The zero-order valence-corrected chi connectivity index (χ0v) is 11.5. The van der Waals surface area contributed by atoms with Crippen LogP contribution in [0.5, 0.6) is 0 Å². The third-order valence-electron chi connectivity index (χ3n) is 2.97. The Balaban J connectivity index is 1.82. The van der Waals surface area contributed by atoms with Gasteiger partial charge in [-0.05, 0) is 11.6 Å². The molecule has 0 saturated carbocycles. The quantitative estimate of drug-likeness (QED) is 0.662. The first kappa shape index (κ1) is 15.2. The summed E-state index contributed by atoms with van der Waals surface area (Å²) >= 11 is 0. The SMILES string of the molecule is CCCC(=O)N[C@H]1CON(OC(=O)C2CCC(=O)O2)C1=O. The molecule has 1 N–H and O–H groups in total. The molecule has 2 amide bonds. The van der Waals surface area contributed by atoms with Gasteiger partial charge in [0, 0.05) is 19.3 Å². The van der Waals surface area contributed by atoms with Gasteiger partial charge >= 0.3 is 17.8 Å². The predicted molar refractivity (Wildman–Crippen MR) is 64.8 cm³/mol. The minimum Gasteiger partial charge on any atom is -0.450 e. The van der Waals surface area contributed by atoms with E-state index in [2.05, 4.69) is 5.32 Å². The van der Waals surface area contributed by atoms with Crippen LogP contribution in [0.15, 0.2) is 0 Å². The van der Waals surface area contributed by atoms with Crippen molar-refractivity contribution in [3.05, 3.63) is 0 Å². The van der Waals surface area contributed by atoms with Crippen LogP contribution in [0.3, 0.4) is 0 Å². The van der Waals surface area contributed by atoms with Crippen LogP contribution in [-0.4, -0.2) is 47.7 Å². The fourth-order valence-corrected chi connectivity index (χ4v) is 1.90. The maximum Gasteiger partial charge on any atom is 0.375 e. The minimum atomic E-state index is -1.03. The standard InChI is InChI=1S/C12H16N2O7/c1-2-3-9(15)13-7-6-19-14(11(7)17)21-12(18)8-4-5-10(16)20-8/h7-8H,2-6H2,1H3,(H,13,15)/t7-,8?/m0/s1. The van der Waals surface area contributed by atoms with Crippen LogP contribution in [0.1, 0.15) is 32.6 Å². The molecule has 9 heteroatoms. The van der Waals surface area contributed by atoms with Gasteiger partial charge in [0.15, 0.2) is 0 Å². The van der Waals surface area contributed by atoms with Crippen molar-refractivity contribution in [2.45, 2.75) is 44.8 Å². The van der Waals surface area contributed by atoms with Crippen molar-refractivity contribution >= 4 is 23.8 Å². The van der Waals surface area contributed by atoms with E-state index >= 15 is 0 Å². The molecule has 2 atom stereocenters. The highest BCUT2D eigenvalue weighted by atomic mass is 17.0. The number of nitrogens with zero attached hydrogens (tertiary/aromatic N) is 1. The van der Waals surface area contributed by atoms with Crippen molar-refractivity contribution < 1.29 is 33.6 Å². The summed E-state index contributed by atoms with van der Waals surface area (Å²) in [6, 6.07) is -0.886. The molecule has 2 rings (SSSR count). The molecule has 21 heavy (non-hydrogen) atoms. The van der Waals surface area contributed by atoms with Crippen LogP contribution < -0.4 is 5.32 Å². The van der Waals surface area contributed by atoms with Crippen molar-refractivity contribution in [1.82, 2.24) is 10.5 Å². The summed E-state index contributed by atoms with van der Waals surface area (Å²) in [5, 5.41) is 2.90. The van der Waals surface area contributed by atoms with Crippen molar-refractivity contribution in [2.24, 2.45) is 0 Å². The lowest BCUT2D eigenvalue weighted by atomic mass is 10.2. The zero-order valence-electron chi connectivity index (χ0n) is 11.5. The zero-order chi connectivity index (χ0) is 15.4. The van der Waals surface area contributed by atoms with Gasteiger partial charge in [-0.3, -0.25) is 14.4 Å². The van der Waals surface area contributed by atoms with Crippen molar-refractivity contribution in [2.75, 3.05) is 6.61 Å². The Labute approximate surface area is 120 Å². The van der Waals surface area contributed by atoms with E-state index in [0.717, 1.165) is 0 Å². The predicted octanol–water partition coefficient (Wildman–Crippen LogP) is -0.791. The van der Waals surface area contributed by atoms with Crippen LogP contribution in [0.4, 0.5) is 0 Å². The number of ether oxygens (including phenoxy) is 1. The van der Waals surface area contributed by atoms with Crippen LogP contribution in [0, 0.1) is 0 Å². The molecule has 2 heterocycles. The van der Waals surface area contributed by atoms with Gasteiger partial charge in [-0.1, -0.05) is 6.92 Å². The van der Waals surface area contributed by atoms with Gasteiger partial charge < -0.3 is 14.9 Å². The summed E-state index contributed by atoms with van der Waals surface area (Å²) in [5.74, 6) is -2.33. The molecule has 0 aliphatic carbocycles. The van der Waals surface area contributed by atoms with E-state index in [1.807, 2.05) is 6.92 Å². The summed E-state index contributed by atoms with van der Waals surface area (Å²) in [4.78, 5) is 55.5. The second-order valence-electron chi connectivity index (χ2n) is 4.69. The van der Waals surface area contributed by atoms with Gasteiger partial charge in [0.25, 0.3) is 0 Å². The highest BCUT2D eigenvalue weighted by Gasteiger charge is 2.40. The third-order valence-corrected chi connectivity index (χ3v) is 2.97. The average molecular weight is 300 g/mol. The number of amides is 2. The second-order valence-corrected chi connectivity index (χ2v) is 4.69. The van der Waals surface area contributed by atoms with E-state index in [0.29, 0.717) is 18.1 Å². The van der Waals surface area contributed by atoms with Gasteiger partial charge in [-0.25, -0.2) is 9.63 Å². The maximum absolute atomic E-state index is 11.9. The van der Waals surface area contributed by atoms with Crippen LogP contribution in [-0.2, 0) is 33.6 Å². The highest BCUT2D eigenvalue weighted by molar-refractivity contribution is 5.89. The maximum atomic E-state index is 11.9. The first-order valence-corrected chi connectivity index (χ1v) is 6.68. The number of cyclic esters (lactones) is 1. The Kier molecular flexibility index (Phi) is 4.73. The number of esters is 1. The van der Waals surface area contributed by atoms with Gasteiger partial charge in [0.2, 0.25) is 12.0 Å². The van der Waals surface area contributed by atoms with E-state index in [1.165, 1.54) is 0 Å². The summed E-state index contributed by atoms with van der Waals surface area (Å²) in [6.07, 6.45) is 0.254. The Morgan fingerprint density at radius 2 is 2.19 bits per heavy atom. The fraction of sp³-hybridized carbons (Fsp3) is 0.667. The van der Waals surface area contributed by atoms with Crippen molar-refractivity contribution in [3.63, 3.8) is 0 Å². The largest absolute Gasteiger partial charge is 0.450 e. The lowest BCUT2D eigenvalue weighted by molar-refractivity contribution is -0.306. The van der Waals surface area contributed by atoms with Crippen molar-refractivity contribution in [1.29, 1.82) is 0 Å². The summed E-state index contributed by atoms with van der Waals surface area (Å²) in [5.41, 5.74) is 0. The minimum absolute atomic E-state index is 0.119. The number of nitrogens with one attached hydrogen (secondary N) is 1. The topological polar surface area (TPSA) is 111 Å². The van der Waals surface area contributed by atoms with Gasteiger partial charge in [0.1, 0.15) is 12.6 Å². The average Bonchev–Trinajstić information content (AvgIpc) is 3.00. The van der Waals surface area contributed by atoms with Gasteiger partial charge in [-0.2, -0.15) is 0 Å². The van der Waals surface area contributed by atoms with Gasteiger partial charge in [0.05, 0.1) is 0 Å². The van der Waals surface area contributed by atoms with E-state index in [9.17, 15) is 19.2 Å². The van der Waals surface area contributed by atoms with Crippen LogP contribution >= 0.6 is 0 Å². The molecule has 2 aliphatic rings. The Morgan fingerprint density at radius 1 is 1.43 bits per heavy atom. The molecule has 116 valence electrons. The molecule has 0 radical (unpaired) electrons. The van der Waals surface area contributed by atoms with Crippen LogP contribution in [0.2, 0.25) is 0 Å². The number of rotatable bonds is 5. The normalized spacial score (nSPS) is 24.9. The number of carbonyl (C=O) groups excluding carboxylic acids is 4. The molecule has 0 aromatic heterocycles.